The third-order valence-electron chi connectivity index (χ3n) is 3.29. The van der Waals surface area contributed by atoms with Crippen LogP contribution in [0.5, 0.6) is 0 Å². The van der Waals surface area contributed by atoms with Gasteiger partial charge >= 0.3 is 0 Å². The summed E-state index contributed by atoms with van der Waals surface area (Å²) in [6, 6.07) is 6.37. The third-order valence-corrected chi connectivity index (χ3v) is 4.53. The minimum Gasteiger partial charge on any atom is -0.374 e. The molecule has 2 rings (SSSR count). The van der Waals surface area contributed by atoms with Gasteiger partial charge in [0.05, 0.1) is 23.8 Å². The lowest BCUT2D eigenvalue weighted by Crippen LogP contribution is -2.46. The minimum atomic E-state index is 0.158. The number of nitrogens with zero attached hydrogens (tertiary/aromatic N) is 1. The maximum atomic E-state index is 6.18. The topological polar surface area (TPSA) is 24.5 Å². The summed E-state index contributed by atoms with van der Waals surface area (Å²) in [4.78, 5) is 2.32. The van der Waals surface area contributed by atoms with E-state index in [4.69, 9.17) is 16.3 Å². The van der Waals surface area contributed by atoms with Crippen molar-refractivity contribution in [3.8, 4) is 0 Å². The SMILES string of the molecule is CNCC1OCCN(C)C1c1ccc(Br)c(Cl)c1. The molecule has 0 aromatic heterocycles. The molecule has 1 aliphatic rings. The molecule has 0 aliphatic carbocycles. The van der Waals surface area contributed by atoms with E-state index in [0.717, 1.165) is 29.2 Å². The highest BCUT2D eigenvalue weighted by atomic mass is 79.9. The largest absolute Gasteiger partial charge is 0.374 e. The predicted octanol–water partition coefficient (Wildman–Crippen LogP) is 2.69. The number of halogens is 2. The molecule has 3 nitrogen and oxygen atoms in total. The Morgan fingerprint density at radius 2 is 2.33 bits per heavy atom. The van der Waals surface area contributed by atoms with Crippen LogP contribution in [0.1, 0.15) is 11.6 Å². The van der Waals surface area contributed by atoms with Gasteiger partial charge in [-0.1, -0.05) is 17.7 Å². The first kappa shape index (κ1) is 14.3. The molecule has 1 saturated heterocycles. The predicted molar refractivity (Wildman–Crippen MR) is 78.2 cm³/mol. The standard InChI is InChI=1S/C13H18BrClN2O/c1-16-8-12-13(17(2)5-6-18-12)9-3-4-10(14)11(15)7-9/h3-4,7,12-13,16H,5-6,8H2,1-2H3. The highest BCUT2D eigenvalue weighted by Crippen LogP contribution is 2.32. The van der Waals surface area contributed by atoms with Crippen LogP contribution in [0.2, 0.25) is 5.02 Å². The number of morpholine rings is 1. The molecule has 0 saturated carbocycles. The van der Waals surface area contributed by atoms with Crippen LogP contribution in [-0.2, 0) is 4.74 Å². The lowest BCUT2D eigenvalue weighted by Gasteiger charge is -2.39. The lowest BCUT2D eigenvalue weighted by atomic mass is 9.98. The van der Waals surface area contributed by atoms with Crippen molar-refractivity contribution >= 4 is 27.5 Å². The highest BCUT2D eigenvalue weighted by molar-refractivity contribution is 9.10. The summed E-state index contributed by atoms with van der Waals surface area (Å²) in [5.41, 5.74) is 1.20. The van der Waals surface area contributed by atoms with E-state index in [0.29, 0.717) is 0 Å². The van der Waals surface area contributed by atoms with Crippen molar-refractivity contribution in [2.24, 2.45) is 0 Å². The van der Waals surface area contributed by atoms with Crippen LogP contribution >= 0.6 is 27.5 Å². The zero-order valence-corrected chi connectivity index (χ0v) is 13.0. The zero-order chi connectivity index (χ0) is 13.1. The first-order valence-electron chi connectivity index (χ1n) is 6.05. The van der Waals surface area contributed by atoms with Crippen LogP contribution in [0.25, 0.3) is 0 Å². The maximum absolute atomic E-state index is 6.18. The van der Waals surface area contributed by atoms with Crippen molar-refractivity contribution in [3.63, 3.8) is 0 Å². The number of nitrogens with one attached hydrogen (secondary N) is 1. The van der Waals surface area contributed by atoms with E-state index in [2.05, 4.69) is 39.3 Å². The van der Waals surface area contributed by atoms with E-state index in [1.54, 1.807) is 0 Å². The summed E-state index contributed by atoms with van der Waals surface area (Å²) in [7, 11) is 4.08. The Morgan fingerprint density at radius 1 is 1.56 bits per heavy atom. The number of hydrogen-bond acceptors (Lipinski definition) is 3. The normalized spacial score (nSPS) is 25.3. The second-order valence-corrected chi connectivity index (χ2v) is 5.83. The Labute approximate surface area is 122 Å². The van der Waals surface area contributed by atoms with Gasteiger partial charge in [-0.3, -0.25) is 4.90 Å². The third kappa shape index (κ3) is 3.06. The smallest absolute Gasteiger partial charge is 0.0896 e. The summed E-state index contributed by atoms with van der Waals surface area (Å²) in [5.74, 6) is 0. The monoisotopic (exact) mass is 332 g/mol. The number of ether oxygens (including phenoxy) is 1. The molecule has 1 heterocycles. The van der Waals surface area contributed by atoms with Crippen molar-refractivity contribution in [3.05, 3.63) is 33.3 Å². The molecule has 0 bridgehead atoms. The van der Waals surface area contributed by atoms with Crippen molar-refractivity contribution in [1.29, 1.82) is 0 Å². The molecule has 2 atom stereocenters. The Bertz CT molecular complexity index is 414. The molecule has 1 aromatic carbocycles. The molecule has 0 amide bonds. The van der Waals surface area contributed by atoms with Gasteiger partial charge in [0.15, 0.2) is 0 Å². The first-order valence-corrected chi connectivity index (χ1v) is 7.22. The number of hydrogen-bond donors (Lipinski definition) is 1. The van der Waals surface area contributed by atoms with E-state index >= 15 is 0 Å². The average molecular weight is 334 g/mol. The quantitative estimate of drug-likeness (QED) is 0.920. The Morgan fingerprint density at radius 3 is 3.00 bits per heavy atom. The molecule has 5 heteroatoms. The van der Waals surface area contributed by atoms with Crippen LogP contribution < -0.4 is 5.32 Å². The minimum absolute atomic E-state index is 0.158. The Hall–Kier alpha value is -0.130. The molecule has 100 valence electrons. The van der Waals surface area contributed by atoms with Gasteiger partial charge in [-0.05, 0) is 47.7 Å². The number of rotatable bonds is 3. The van der Waals surface area contributed by atoms with Gasteiger partial charge in [0.2, 0.25) is 0 Å². The van der Waals surface area contributed by atoms with Gasteiger partial charge in [0.1, 0.15) is 0 Å². The van der Waals surface area contributed by atoms with Crippen LogP contribution in [0.3, 0.4) is 0 Å². The maximum Gasteiger partial charge on any atom is 0.0896 e. The van der Waals surface area contributed by atoms with E-state index in [-0.39, 0.29) is 12.1 Å². The molecule has 2 unspecified atom stereocenters. The van der Waals surface area contributed by atoms with Crippen LogP contribution in [0.4, 0.5) is 0 Å². The summed E-state index contributed by atoms with van der Waals surface area (Å²) >= 11 is 9.61. The summed E-state index contributed by atoms with van der Waals surface area (Å²) < 4.78 is 6.80. The first-order chi connectivity index (χ1) is 8.63. The molecule has 18 heavy (non-hydrogen) atoms. The molecule has 1 aromatic rings. The average Bonchev–Trinajstić information content (AvgIpc) is 2.34. The Kier molecular flexibility index (Phi) is 5.04. The van der Waals surface area contributed by atoms with Crippen molar-refractivity contribution in [1.82, 2.24) is 10.2 Å². The van der Waals surface area contributed by atoms with Gasteiger partial charge in [0, 0.05) is 17.6 Å². The summed E-state index contributed by atoms with van der Waals surface area (Å²) in [6.07, 6.45) is 0.158. The summed E-state index contributed by atoms with van der Waals surface area (Å²) in [6.45, 7) is 2.56. The van der Waals surface area contributed by atoms with Crippen LogP contribution in [0.15, 0.2) is 22.7 Å². The van der Waals surface area contributed by atoms with Gasteiger partial charge < -0.3 is 10.1 Å². The fourth-order valence-corrected chi connectivity index (χ4v) is 2.83. The molecule has 0 spiro atoms. The Balaban J connectivity index is 2.28. The molecule has 1 fully saturated rings. The fraction of sp³-hybridized carbons (Fsp3) is 0.538. The molecular formula is C13H18BrClN2O. The van der Waals surface area contributed by atoms with Crippen molar-refractivity contribution in [2.75, 3.05) is 33.8 Å². The number of likely N-dealkylation sites (N-methyl/N-ethyl adjacent to an activating group) is 2. The second kappa shape index (κ2) is 6.35. The molecule has 1 aliphatic heterocycles. The van der Waals surface area contributed by atoms with E-state index in [1.165, 1.54) is 5.56 Å². The molecule has 1 N–H and O–H groups in total. The van der Waals surface area contributed by atoms with Crippen molar-refractivity contribution in [2.45, 2.75) is 12.1 Å². The van der Waals surface area contributed by atoms with Gasteiger partial charge in [0.25, 0.3) is 0 Å². The van der Waals surface area contributed by atoms with Gasteiger partial charge in [-0.25, -0.2) is 0 Å². The van der Waals surface area contributed by atoms with Gasteiger partial charge in [-0.15, -0.1) is 0 Å². The van der Waals surface area contributed by atoms with E-state index < -0.39 is 0 Å². The molecular weight excluding hydrogens is 316 g/mol. The van der Waals surface area contributed by atoms with Gasteiger partial charge in [-0.2, -0.15) is 0 Å². The fourth-order valence-electron chi connectivity index (χ4n) is 2.40. The second-order valence-electron chi connectivity index (χ2n) is 4.57. The van der Waals surface area contributed by atoms with Crippen LogP contribution in [0, 0.1) is 0 Å². The highest BCUT2D eigenvalue weighted by Gasteiger charge is 2.31. The van der Waals surface area contributed by atoms with Crippen LogP contribution in [-0.4, -0.2) is 44.8 Å². The lowest BCUT2D eigenvalue weighted by molar-refractivity contribution is -0.0606. The zero-order valence-electron chi connectivity index (χ0n) is 10.6. The van der Waals surface area contributed by atoms with Crippen molar-refractivity contribution < 1.29 is 4.74 Å². The van der Waals surface area contributed by atoms with E-state index in [1.807, 2.05) is 19.2 Å². The number of benzene rings is 1. The van der Waals surface area contributed by atoms with E-state index in [9.17, 15) is 0 Å². The molecule has 0 radical (unpaired) electrons. The summed E-state index contributed by atoms with van der Waals surface area (Å²) in [5, 5.41) is 3.93.